The number of nitrogens with one attached hydrogen (secondary N) is 1. The summed E-state index contributed by atoms with van der Waals surface area (Å²) in [5.74, 6) is 0.716. The van der Waals surface area contributed by atoms with Gasteiger partial charge in [-0.05, 0) is 24.5 Å². The Morgan fingerprint density at radius 3 is 2.74 bits per heavy atom. The number of aromatic nitrogens is 1. The zero-order valence-corrected chi connectivity index (χ0v) is 11.9. The number of H-pyrrole nitrogens is 1. The smallest absolute Gasteiger partial charge is 0.227 e. The van der Waals surface area contributed by atoms with Gasteiger partial charge in [0.2, 0.25) is 5.91 Å². The van der Waals surface area contributed by atoms with E-state index in [4.69, 9.17) is 0 Å². The van der Waals surface area contributed by atoms with E-state index >= 15 is 0 Å². The van der Waals surface area contributed by atoms with E-state index in [1.807, 2.05) is 36.2 Å². The van der Waals surface area contributed by atoms with E-state index in [1.54, 1.807) is 0 Å². The molecule has 2 rings (SSSR count). The Labute approximate surface area is 114 Å². The molecule has 19 heavy (non-hydrogen) atoms. The average Bonchev–Trinajstić information content (AvgIpc) is 2.79. The van der Waals surface area contributed by atoms with Gasteiger partial charge in [-0.15, -0.1) is 0 Å². The van der Waals surface area contributed by atoms with Crippen molar-refractivity contribution < 1.29 is 4.79 Å². The van der Waals surface area contributed by atoms with Gasteiger partial charge in [0.1, 0.15) is 0 Å². The molecule has 0 radical (unpaired) electrons. The summed E-state index contributed by atoms with van der Waals surface area (Å²) in [6, 6.07) is 8.11. The lowest BCUT2D eigenvalue weighted by Crippen LogP contribution is -2.35. The van der Waals surface area contributed by atoms with Crippen LogP contribution in [0, 0.1) is 5.92 Å². The zero-order chi connectivity index (χ0) is 13.8. The molecule has 0 saturated carbocycles. The van der Waals surface area contributed by atoms with Crippen LogP contribution in [0.4, 0.5) is 0 Å². The Balaban J connectivity index is 2.13. The van der Waals surface area contributed by atoms with E-state index in [-0.39, 0.29) is 5.91 Å². The minimum absolute atomic E-state index is 0.209. The van der Waals surface area contributed by atoms with Crippen LogP contribution in [0.25, 0.3) is 10.9 Å². The number of benzene rings is 1. The zero-order valence-electron chi connectivity index (χ0n) is 11.9. The largest absolute Gasteiger partial charge is 0.361 e. The van der Waals surface area contributed by atoms with Gasteiger partial charge < -0.3 is 9.88 Å². The number of hydrogen-bond acceptors (Lipinski definition) is 1. The van der Waals surface area contributed by atoms with E-state index in [0.29, 0.717) is 12.3 Å². The van der Waals surface area contributed by atoms with Crippen molar-refractivity contribution in [3.05, 3.63) is 36.0 Å². The van der Waals surface area contributed by atoms with Crippen LogP contribution in [0.5, 0.6) is 0 Å². The summed E-state index contributed by atoms with van der Waals surface area (Å²) in [7, 11) is 0. The highest BCUT2D eigenvalue weighted by Gasteiger charge is 2.15. The molecule has 102 valence electrons. The second kappa shape index (κ2) is 5.91. The molecule has 2 aromatic rings. The lowest BCUT2D eigenvalue weighted by molar-refractivity contribution is -0.130. The molecule has 0 spiro atoms. The predicted octanol–water partition coefficient (Wildman–Crippen LogP) is 3.21. The van der Waals surface area contributed by atoms with Gasteiger partial charge in [0.25, 0.3) is 0 Å². The maximum absolute atomic E-state index is 12.3. The van der Waals surface area contributed by atoms with Gasteiger partial charge in [0, 0.05) is 30.2 Å². The third-order valence-corrected chi connectivity index (χ3v) is 3.34. The first-order valence-electron chi connectivity index (χ1n) is 6.94. The van der Waals surface area contributed by atoms with E-state index in [9.17, 15) is 4.79 Å². The number of amides is 1. The second-order valence-electron chi connectivity index (χ2n) is 5.36. The summed E-state index contributed by atoms with van der Waals surface area (Å²) in [6.07, 6.45) is 2.43. The van der Waals surface area contributed by atoms with Crippen molar-refractivity contribution in [1.29, 1.82) is 0 Å². The fraction of sp³-hybridized carbons (Fsp3) is 0.438. The standard InChI is InChI=1S/C16H22N2O/c1-4-18(11-12(2)3)16(19)9-13-10-17-15-8-6-5-7-14(13)15/h5-8,10,12,17H,4,9,11H2,1-3H3. The maximum Gasteiger partial charge on any atom is 0.227 e. The number of para-hydroxylation sites is 1. The number of rotatable bonds is 5. The van der Waals surface area contributed by atoms with Crippen LogP contribution in [-0.4, -0.2) is 28.9 Å². The van der Waals surface area contributed by atoms with E-state index < -0.39 is 0 Å². The summed E-state index contributed by atoms with van der Waals surface area (Å²) in [5.41, 5.74) is 2.18. The molecule has 0 fully saturated rings. The number of nitrogens with zero attached hydrogens (tertiary/aromatic N) is 1. The molecule has 1 aromatic carbocycles. The average molecular weight is 258 g/mol. The van der Waals surface area contributed by atoms with Crippen LogP contribution >= 0.6 is 0 Å². The summed E-state index contributed by atoms with van der Waals surface area (Å²) in [4.78, 5) is 17.5. The van der Waals surface area contributed by atoms with Crippen molar-refractivity contribution in [3.8, 4) is 0 Å². The number of aromatic amines is 1. The Hall–Kier alpha value is -1.77. The fourth-order valence-electron chi connectivity index (χ4n) is 2.40. The molecule has 0 saturated heterocycles. The maximum atomic E-state index is 12.3. The monoisotopic (exact) mass is 258 g/mol. The topological polar surface area (TPSA) is 36.1 Å². The first-order chi connectivity index (χ1) is 9.11. The minimum Gasteiger partial charge on any atom is -0.361 e. The molecule has 0 aliphatic carbocycles. The molecule has 1 amide bonds. The lowest BCUT2D eigenvalue weighted by Gasteiger charge is -2.22. The number of hydrogen-bond donors (Lipinski definition) is 1. The SMILES string of the molecule is CCN(CC(C)C)C(=O)Cc1c[nH]c2ccccc12. The molecule has 1 heterocycles. The van der Waals surface area contributed by atoms with Gasteiger partial charge in [-0.1, -0.05) is 32.0 Å². The summed E-state index contributed by atoms with van der Waals surface area (Å²) in [5, 5.41) is 1.15. The third kappa shape index (κ3) is 3.16. The predicted molar refractivity (Wildman–Crippen MR) is 79.1 cm³/mol. The Morgan fingerprint density at radius 1 is 1.32 bits per heavy atom. The molecule has 0 unspecified atom stereocenters. The van der Waals surface area contributed by atoms with Crippen LogP contribution in [0.1, 0.15) is 26.3 Å². The van der Waals surface area contributed by atoms with Crippen molar-refractivity contribution in [2.75, 3.05) is 13.1 Å². The van der Waals surface area contributed by atoms with Crippen LogP contribution in [0.3, 0.4) is 0 Å². The Morgan fingerprint density at radius 2 is 2.05 bits per heavy atom. The molecule has 3 nitrogen and oxygen atoms in total. The van der Waals surface area contributed by atoms with Gasteiger partial charge in [0.15, 0.2) is 0 Å². The van der Waals surface area contributed by atoms with Gasteiger partial charge in [0.05, 0.1) is 6.42 Å². The van der Waals surface area contributed by atoms with Gasteiger partial charge in [-0.3, -0.25) is 4.79 Å². The minimum atomic E-state index is 0.209. The molecule has 0 aliphatic heterocycles. The molecule has 1 aromatic heterocycles. The van der Waals surface area contributed by atoms with E-state index in [2.05, 4.69) is 24.9 Å². The summed E-state index contributed by atoms with van der Waals surface area (Å²) in [6.45, 7) is 7.93. The van der Waals surface area contributed by atoms with Crippen molar-refractivity contribution in [3.63, 3.8) is 0 Å². The number of carbonyl (C=O) groups excluding carboxylic acids is 1. The molecular formula is C16H22N2O. The highest BCUT2D eigenvalue weighted by molar-refractivity contribution is 5.88. The number of carbonyl (C=O) groups is 1. The Bertz CT molecular complexity index is 557. The van der Waals surface area contributed by atoms with Gasteiger partial charge >= 0.3 is 0 Å². The van der Waals surface area contributed by atoms with Crippen LogP contribution < -0.4 is 0 Å². The molecule has 0 atom stereocenters. The lowest BCUT2D eigenvalue weighted by atomic mass is 10.1. The van der Waals surface area contributed by atoms with E-state index in [0.717, 1.165) is 29.6 Å². The normalized spacial score (nSPS) is 11.2. The van der Waals surface area contributed by atoms with E-state index in [1.165, 1.54) is 0 Å². The highest BCUT2D eigenvalue weighted by atomic mass is 16.2. The van der Waals surface area contributed by atoms with Crippen molar-refractivity contribution in [1.82, 2.24) is 9.88 Å². The first-order valence-corrected chi connectivity index (χ1v) is 6.94. The molecule has 0 aliphatic rings. The quantitative estimate of drug-likeness (QED) is 0.878. The van der Waals surface area contributed by atoms with Crippen molar-refractivity contribution >= 4 is 16.8 Å². The Kier molecular flexibility index (Phi) is 4.25. The van der Waals surface area contributed by atoms with Gasteiger partial charge in [-0.2, -0.15) is 0 Å². The highest BCUT2D eigenvalue weighted by Crippen LogP contribution is 2.18. The van der Waals surface area contributed by atoms with Crippen molar-refractivity contribution in [2.45, 2.75) is 27.2 Å². The molecular weight excluding hydrogens is 236 g/mol. The molecule has 0 bridgehead atoms. The molecule has 1 N–H and O–H groups in total. The van der Waals surface area contributed by atoms with Crippen molar-refractivity contribution in [2.24, 2.45) is 5.92 Å². The summed E-state index contributed by atoms with van der Waals surface area (Å²) < 4.78 is 0. The molecule has 3 heteroatoms. The van der Waals surface area contributed by atoms with Crippen LogP contribution in [0.15, 0.2) is 30.5 Å². The summed E-state index contributed by atoms with van der Waals surface area (Å²) >= 11 is 0. The fourth-order valence-corrected chi connectivity index (χ4v) is 2.40. The first kappa shape index (κ1) is 13.7. The second-order valence-corrected chi connectivity index (χ2v) is 5.36. The number of fused-ring (bicyclic) bond motifs is 1. The number of likely N-dealkylation sites (N-methyl/N-ethyl adjacent to an activating group) is 1. The van der Waals surface area contributed by atoms with Crippen LogP contribution in [0.2, 0.25) is 0 Å². The van der Waals surface area contributed by atoms with Crippen LogP contribution in [-0.2, 0) is 11.2 Å². The third-order valence-electron chi connectivity index (χ3n) is 3.34. The van der Waals surface area contributed by atoms with Gasteiger partial charge in [-0.25, -0.2) is 0 Å².